The number of hydrogen-bond acceptors (Lipinski definition) is 5. The zero-order chi connectivity index (χ0) is 11.5. The summed E-state index contributed by atoms with van der Waals surface area (Å²) >= 11 is 1.09. The Morgan fingerprint density at radius 3 is 2.88 bits per heavy atom. The van der Waals surface area contributed by atoms with E-state index in [1.165, 1.54) is 5.39 Å². The van der Waals surface area contributed by atoms with E-state index in [4.69, 9.17) is 9.02 Å². The second-order valence-electron chi connectivity index (χ2n) is 3.60. The van der Waals surface area contributed by atoms with Crippen LogP contribution in [0.2, 0.25) is 0 Å². The fourth-order valence-corrected chi connectivity index (χ4v) is 1.97. The van der Waals surface area contributed by atoms with Gasteiger partial charge in [-0.3, -0.25) is 9.01 Å². The van der Waals surface area contributed by atoms with E-state index in [0.717, 1.165) is 23.4 Å². The van der Waals surface area contributed by atoms with Gasteiger partial charge in [-0.1, -0.05) is 35.5 Å². The summed E-state index contributed by atoms with van der Waals surface area (Å²) in [5.74, 6) is 1.51. The quantitative estimate of drug-likeness (QED) is 0.668. The molecule has 3 rings (SSSR count). The Hall–Kier alpha value is -1.88. The summed E-state index contributed by atoms with van der Waals surface area (Å²) in [7, 11) is 0. The van der Waals surface area contributed by atoms with Crippen molar-refractivity contribution in [1.82, 2.24) is 4.72 Å². The van der Waals surface area contributed by atoms with E-state index < -0.39 is 0 Å². The van der Waals surface area contributed by atoms with Crippen molar-refractivity contribution in [2.75, 3.05) is 6.61 Å². The first-order valence-electron chi connectivity index (χ1n) is 5.19. The van der Waals surface area contributed by atoms with E-state index in [1.807, 2.05) is 30.3 Å². The topological polar surface area (TPSA) is 42.9 Å². The summed E-state index contributed by atoms with van der Waals surface area (Å²) in [6.45, 7) is 0.380. The first-order valence-corrected chi connectivity index (χ1v) is 5.93. The molecule has 0 aromatic heterocycles. The molecule has 1 N–H and O–H groups in total. The zero-order valence-electron chi connectivity index (χ0n) is 8.92. The van der Waals surface area contributed by atoms with Gasteiger partial charge < -0.3 is 4.74 Å². The Morgan fingerprint density at radius 2 is 2.06 bits per heavy atom. The summed E-state index contributed by atoms with van der Waals surface area (Å²) < 4.78 is 13.2. The molecule has 0 bridgehead atoms. The van der Waals surface area contributed by atoms with Crippen molar-refractivity contribution < 1.29 is 9.02 Å². The molecule has 1 aliphatic heterocycles. The van der Waals surface area contributed by atoms with Gasteiger partial charge in [0.1, 0.15) is 12.4 Å². The molecule has 0 aliphatic carbocycles. The summed E-state index contributed by atoms with van der Waals surface area (Å²) in [4.78, 5) is 0. The third-order valence-electron chi connectivity index (χ3n) is 2.44. The standard InChI is InChI=1S/C12H10N2O2S/c1-2-4-10-7-11(6-5-9(10)3-1)15-8-12-13-16-17-14-12/h1-7H,8H2,(H,13,14). The number of oxime groups is 1. The van der Waals surface area contributed by atoms with Gasteiger partial charge in [0.2, 0.25) is 12.2 Å². The molecule has 0 spiro atoms. The average molecular weight is 246 g/mol. The van der Waals surface area contributed by atoms with Crippen molar-refractivity contribution in [2.24, 2.45) is 5.16 Å². The van der Waals surface area contributed by atoms with E-state index in [2.05, 4.69) is 22.0 Å². The lowest BCUT2D eigenvalue weighted by atomic mass is 10.1. The van der Waals surface area contributed by atoms with Crippen LogP contribution in [0, 0.1) is 0 Å². The van der Waals surface area contributed by atoms with Crippen molar-refractivity contribution in [3.63, 3.8) is 0 Å². The first kappa shape index (κ1) is 10.3. The Bertz CT molecular complexity index is 571. The molecule has 86 valence electrons. The van der Waals surface area contributed by atoms with Crippen LogP contribution in [0.5, 0.6) is 5.75 Å². The smallest absolute Gasteiger partial charge is 0.208 e. The third kappa shape index (κ3) is 2.29. The highest BCUT2D eigenvalue weighted by Crippen LogP contribution is 2.20. The Kier molecular flexibility index (Phi) is 2.75. The number of benzene rings is 2. The normalized spacial score (nSPS) is 14.0. The Labute approximate surface area is 103 Å². The predicted octanol–water partition coefficient (Wildman–Crippen LogP) is 2.72. The largest absolute Gasteiger partial charge is 0.486 e. The minimum atomic E-state index is 0.380. The van der Waals surface area contributed by atoms with Gasteiger partial charge >= 0.3 is 0 Å². The molecule has 0 unspecified atom stereocenters. The lowest BCUT2D eigenvalue weighted by molar-refractivity contribution is 0.364. The first-order chi connectivity index (χ1) is 8.42. The molecule has 1 aliphatic rings. The number of amidine groups is 1. The highest BCUT2D eigenvalue weighted by molar-refractivity contribution is 7.93. The minimum Gasteiger partial charge on any atom is -0.486 e. The van der Waals surface area contributed by atoms with E-state index in [0.29, 0.717) is 12.4 Å². The van der Waals surface area contributed by atoms with Crippen LogP contribution < -0.4 is 9.46 Å². The molecule has 2 aromatic rings. The number of rotatable bonds is 3. The van der Waals surface area contributed by atoms with Gasteiger partial charge in [-0.05, 0) is 22.9 Å². The molecule has 1 heterocycles. The maximum absolute atomic E-state index is 5.61. The number of hydrogen-bond donors (Lipinski definition) is 1. The molecule has 0 saturated heterocycles. The van der Waals surface area contributed by atoms with Crippen LogP contribution in [-0.2, 0) is 4.28 Å². The van der Waals surface area contributed by atoms with Gasteiger partial charge in [0.15, 0.2) is 5.84 Å². The molecule has 0 radical (unpaired) electrons. The predicted molar refractivity (Wildman–Crippen MR) is 68.7 cm³/mol. The molecule has 17 heavy (non-hydrogen) atoms. The molecule has 0 saturated carbocycles. The highest BCUT2D eigenvalue weighted by Gasteiger charge is 2.08. The SMILES string of the molecule is c1ccc2cc(OCC3=NOSN3)ccc2c1. The van der Waals surface area contributed by atoms with Crippen LogP contribution >= 0.6 is 12.2 Å². The van der Waals surface area contributed by atoms with E-state index >= 15 is 0 Å². The summed E-state index contributed by atoms with van der Waals surface area (Å²) in [6.07, 6.45) is 0. The fraction of sp³-hybridized carbons (Fsp3) is 0.0833. The van der Waals surface area contributed by atoms with Crippen LogP contribution in [-0.4, -0.2) is 12.4 Å². The second-order valence-corrected chi connectivity index (χ2v) is 4.12. The van der Waals surface area contributed by atoms with Crippen molar-refractivity contribution in [1.29, 1.82) is 0 Å². The molecule has 2 aromatic carbocycles. The number of fused-ring (bicyclic) bond motifs is 1. The highest BCUT2D eigenvalue weighted by atomic mass is 32.2. The molecule has 4 nitrogen and oxygen atoms in total. The lowest BCUT2D eigenvalue weighted by Crippen LogP contribution is -2.19. The van der Waals surface area contributed by atoms with E-state index in [1.54, 1.807) is 0 Å². The molecular formula is C12H10N2O2S. The van der Waals surface area contributed by atoms with Crippen LogP contribution in [0.1, 0.15) is 0 Å². The average Bonchev–Trinajstić information content (AvgIpc) is 2.89. The van der Waals surface area contributed by atoms with Crippen LogP contribution in [0.15, 0.2) is 47.6 Å². The van der Waals surface area contributed by atoms with Crippen LogP contribution in [0.4, 0.5) is 0 Å². The summed E-state index contributed by atoms with van der Waals surface area (Å²) in [5, 5.41) is 6.12. The van der Waals surface area contributed by atoms with E-state index in [-0.39, 0.29) is 0 Å². The van der Waals surface area contributed by atoms with Gasteiger partial charge in [0, 0.05) is 0 Å². The van der Waals surface area contributed by atoms with Gasteiger partial charge in [-0.2, -0.15) is 0 Å². The molecule has 0 amide bonds. The van der Waals surface area contributed by atoms with Crippen LogP contribution in [0.25, 0.3) is 10.8 Å². The van der Waals surface area contributed by atoms with Gasteiger partial charge in [-0.25, -0.2) is 0 Å². The molecule has 0 atom stereocenters. The van der Waals surface area contributed by atoms with E-state index in [9.17, 15) is 0 Å². The maximum atomic E-state index is 5.61. The number of ether oxygens (including phenoxy) is 1. The van der Waals surface area contributed by atoms with Gasteiger partial charge in [-0.15, -0.1) is 0 Å². The third-order valence-corrected chi connectivity index (χ3v) is 2.91. The van der Waals surface area contributed by atoms with Gasteiger partial charge in [0.05, 0.1) is 0 Å². The second kappa shape index (κ2) is 4.55. The molecule has 5 heteroatoms. The van der Waals surface area contributed by atoms with Crippen molar-refractivity contribution in [3.05, 3.63) is 42.5 Å². The summed E-state index contributed by atoms with van der Waals surface area (Å²) in [5.41, 5.74) is 0. The van der Waals surface area contributed by atoms with Gasteiger partial charge in [0.25, 0.3) is 0 Å². The number of nitrogens with one attached hydrogen (secondary N) is 1. The van der Waals surface area contributed by atoms with Crippen molar-refractivity contribution >= 4 is 28.8 Å². The zero-order valence-corrected chi connectivity index (χ0v) is 9.74. The fourth-order valence-electron chi connectivity index (χ4n) is 1.61. The van der Waals surface area contributed by atoms with Crippen molar-refractivity contribution in [2.45, 2.75) is 0 Å². The Morgan fingerprint density at radius 1 is 1.18 bits per heavy atom. The maximum Gasteiger partial charge on any atom is 0.208 e. The minimum absolute atomic E-state index is 0.380. The summed E-state index contributed by atoms with van der Waals surface area (Å²) in [6, 6.07) is 14.2. The molecule has 0 fully saturated rings. The van der Waals surface area contributed by atoms with Crippen molar-refractivity contribution in [3.8, 4) is 5.75 Å². The lowest BCUT2D eigenvalue weighted by Gasteiger charge is -2.06. The van der Waals surface area contributed by atoms with Crippen LogP contribution in [0.3, 0.4) is 0 Å². The molecular weight excluding hydrogens is 236 g/mol. The monoisotopic (exact) mass is 246 g/mol. The Balaban J connectivity index is 1.76. The number of nitrogens with zero attached hydrogens (tertiary/aromatic N) is 1.